The minimum Gasteiger partial charge on any atom is -0.495 e. The molecule has 1 fully saturated rings. The highest BCUT2D eigenvalue weighted by molar-refractivity contribution is 6.32. The molecule has 1 aromatic rings. The number of morpholine rings is 1. The molecule has 0 saturated carbocycles. The number of nitrogens with two attached hydrogens (primary N) is 1. The fourth-order valence-electron chi connectivity index (χ4n) is 2.48. The highest BCUT2D eigenvalue weighted by Crippen LogP contribution is 2.29. The summed E-state index contributed by atoms with van der Waals surface area (Å²) in [7, 11) is 1.61. The fourth-order valence-corrected chi connectivity index (χ4v) is 2.68. The molecule has 1 aliphatic heterocycles. The van der Waals surface area contributed by atoms with E-state index in [1.54, 1.807) is 7.11 Å². The lowest BCUT2D eigenvalue weighted by molar-refractivity contribution is -0.0502. The SMILES string of the molecule is COc1cc(C(N)C2CN(C(C)C)CCO2)ccc1Cl. The summed E-state index contributed by atoms with van der Waals surface area (Å²) in [5.41, 5.74) is 7.34. The molecule has 0 radical (unpaired) electrons. The van der Waals surface area contributed by atoms with Gasteiger partial charge in [0.15, 0.2) is 0 Å². The largest absolute Gasteiger partial charge is 0.495 e. The van der Waals surface area contributed by atoms with Crippen LogP contribution in [0, 0.1) is 0 Å². The van der Waals surface area contributed by atoms with Crippen LogP contribution in [0.1, 0.15) is 25.5 Å². The van der Waals surface area contributed by atoms with Crippen molar-refractivity contribution in [1.29, 1.82) is 0 Å². The van der Waals surface area contributed by atoms with Crippen molar-refractivity contribution < 1.29 is 9.47 Å². The third-order valence-corrected chi connectivity index (χ3v) is 4.13. The molecule has 20 heavy (non-hydrogen) atoms. The normalized spacial score (nSPS) is 22.0. The van der Waals surface area contributed by atoms with Crippen molar-refractivity contribution in [1.82, 2.24) is 4.90 Å². The molecule has 0 spiro atoms. The Bertz CT molecular complexity index is 453. The monoisotopic (exact) mass is 298 g/mol. The van der Waals surface area contributed by atoms with Gasteiger partial charge in [0.1, 0.15) is 5.75 Å². The lowest BCUT2D eigenvalue weighted by Crippen LogP contribution is -2.49. The van der Waals surface area contributed by atoms with Gasteiger partial charge in [0, 0.05) is 19.1 Å². The van der Waals surface area contributed by atoms with Gasteiger partial charge in [0.25, 0.3) is 0 Å². The van der Waals surface area contributed by atoms with E-state index in [-0.39, 0.29) is 12.1 Å². The number of benzene rings is 1. The second-order valence-electron chi connectivity index (χ2n) is 5.42. The smallest absolute Gasteiger partial charge is 0.137 e. The van der Waals surface area contributed by atoms with E-state index >= 15 is 0 Å². The van der Waals surface area contributed by atoms with Crippen molar-refractivity contribution in [2.75, 3.05) is 26.8 Å². The first-order valence-electron chi connectivity index (χ1n) is 6.97. The molecule has 2 N–H and O–H groups in total. The molecule has 2 atom stereocenters. The molecule has 112 valence electrons. The Labute approximate surface area is 125 Å². The number of hydrogen-bond donors (Lipinski definition) is 1. The third kappa shape index (κ3) is 3.44. The Kier molecular flexibility index (Phi) is 5.27. The van der Waals surface area contributed by atoms with Crippen LogP contribution in [0.4, 0.5) is 0 Å². The highest BCUT2D eigenvalue weighted by atomic mass is 35.5. The molecule has 5 heteroatoms. The molecule has 4 nitrogen and oxygen atoms in total. The van der Waals surface area contributed by atoms with Crippen LogP contribution >= 0.6 is 11.6 Å². The maximum atomic E-state index is 6.36. The predicted molar refractivity (Wildman–Crippen MR) is 81.4 cm³/mol. The molecule has 0 bridgehead atoms. The topological polar surface area (TPSA) is 47.7 Å². The van der Waals surface area contributed by atoms with Crippen LogP contribution in [0.3, 0.4) is 0 Å². The van der Waals surface area contributed by atoms with Crippen LogP contribution in [-0.2, 0) is 4.74 Å². The zero-order chi connectivity index (χ0) is 14.7. The van der Waals surface area contributed by atoms with Gasteiger partial charge in [-0.2, -0.15) is 0 Å². The molecule has 0 amide bonds. The number of ether oxygens (including phenoxy) is 2. The molecular formula is C15H23ClN2O2. The number of nitrogens with zero attached hydrogens (tertiary/aromatic N) is 1. The molecule has 1 saturated heterocycles. The van der Waals surface area contributed by atoms with Gasteiger partial charge in [-0.05, 0) is 31.5 Å². The standard InChI is InChI=1S/C15H23ClN2O2/c1-10(2)18-6-7-20-14(9-18)15(17)11-4-5-12(16)13(8-11)19-3/h4-5,8,10,14-15H,6-7,9,17H2,1-3H3. The van der Waals surface area contributed by atoms with E-state index in [0.29, 0.717) is 16.8 Å². The molecule has 0 aliphatic carbocycles. The van der Waals surface area contributed by atoms with E-state index in [1.165, 1.54) is 0 Å². The van der Waals surface area contributed by atoms with Gasteiger partial charge >= 0.3 is 0 Å². The molecule has 1 aromatic carbocycles. The molecule has 0 aromatic heterocycles. The van der Waals surface area contributed by atoms with Gasteiger partial charge < -0.3 is 15.2 Å². The molecule has 2 rings (SSSR count). The molecule has 2 unspecified atom stereocenters. The third-order valence-electron chi connectivity index (χ3n) is 3.82. The van der Waals surface area contributed by atoms with Crippen molar-refractivity contribution in [2.24, 2.45) is 5.73 Å². The highest BCUT2D eigenvalue weighted by Gasteiger charge is 2.28. The van der Waals surface area contributed by atoms with Gasteiger partial charge in [-0.15, -0.1) is 0 Å². The Balaban J connectivity index is 2.12. The average molecular weight is 299 g/mol. The number of halogens is 1. The van der Waals surface area contributed by atoms with E-state index in [9.17, 15) is 0 Å². The van der Waals surface area contributed by atoms with Crippen molar-refractivity contribution in [3.05, 3.63) is 28.8 Å². The summed E-state index contributed by atoms with van der Waals surface area (Å²) >= 11 is 6.05. The average Bonchev–Trinajstić information content (AvgIpc) is 2.47. The minimum absolute atomic E-state index is 0.00275. The molecule has 1 aliphatic rings. The summed E-state index contributed by atoms with van der Waals surface area (Å²) in [6.07, 6.45) is -0.00275. The van der Waals surface area contributed by atoms with Crippen molar-refractivity contribution in [2.45, 2.75) is 32.0 Å². The fraction of sp³-hybridized carbons (Fsp3) is 0.600. The van der Waals surface area contributed by atoms with Gasteiger partial charge in [-0.1, -0.05) is 17.7 Å². The van der Waals surface area contributed by atoms with Gasteiger partial charge in [-0.25, -0.2) is 0 Å². The lowest BCUT2D eigenvalue weighted by atomic mass is 10.00. The zero-order valence-electron chi connectivity index (χ0n) is 12.3. The van der Waals surface area contributed by atoms with Crippen LogP contribution in [0.2, 0.25) is 5.02 Å². The first kappa shape index (κ1) is 15.6. The second kappa shape index (κ2) is 6.76. The zero-order valence-corrected chi connectivity index (χ0v) is 13.1. The first-order valence-corrected chi connectivity index (χ1v) is 7.35. The van der Waals surface area contributed by atoms with E-state index in [4.69, 9.17) is 26.8 Å². The van der Waals surface area contributed by atoms with E-state index < -0.39 is 0 Å². The van der Waals surface area contributed by atoms with Crippen molar-refractivity contribution in [3.8, 4) is 5.75 Å². The van der Waals surface area contributed by atoms with Gasteiger partial charge in [0.05, 0.1) is 30.9 Å². The van der Waals surface area contributed by atoms with Crippen LogP contribution in [-0.4, -0.2) is 43.9 Å². The van der Waals surface area contributed by atoms with Crippen LogP contribution in [0.25, 0.3) is 0 Å². The van der Waals surface area contributed by atoms with Crippen LogP contribution in [0.5, 0.6) is 5.75 Å². The summed E-state index contributed by atoms with van der Waals surface area (Å²) in [5.74, 6) is 0.649. The van der Waals surface area contributed by atoms with Crippen LogP contribution < -0.4 is 10.5 Å². The lowest BCUT2D eigenvalue weighted by Gasteiger charge is -2.38. The summed E-state index contributed by atoms with van der Waals surface area (Å²) in [5, 5.41) is 0.594. The van der Waals surface area contributed by atoms with Gasteiger partial charge in [0.2, 0.25) is 0 Å². The van der Waals surface area contributed by atoms with E-state index in [1.807, 2.05) is 18.2 Å². The predicted octanol–water partition coefficient (Wildman–Crippen LogP) is 2.46. The van der Waals surface area contributed by atoms with Crippen molar-refractivity contribution >= 4 is 11.6 Å². The summed E-state index contributed by atoms with van der Waals surface area (Å²) in [4.78, 5) is 2.39. The van der Waals surface area contributed by atoms with Crippen molar-refractivity contribution in [3.63, 3.8) is 0 Å². The Hall–Kier alpha value is -0.810. The quantitative estimate of drug-likeness (QED) is 0.927. The summed E-state index contributed by atoms with van der Waals surface area (Å²) < 4.78 is 11.1. The first-order chi connectivity index (χ1) is 9.52. The van der Waals surface area contributed by atoms with E-state index in [2.05, 4.69) is 18.7 Å². The molecular weight excluding hydrogens is 276 g/mol. The number of hydrogen-bond acceptors (Lipinski definition) is 4. The molecule has 1 heterocycles. The minimum atomic E-state index is -0.178. The second-order valence-corrected chi connectivity index (χ2v) is 5.82. The Morgan fingerprint density at radius 2 is 2.20 bits per heavy atom. The van der Waals surface area contributed by atoms with Crippen LogP contribution in [0.15, 0.2) is 18.2 Å². The maximum absolute atomic E-state index is 6.36. The Morgan fingerprint density at radius 1 is 1.45 bits per heavy atom. The summed E-state index contributed by atoms with van der Waals surface area (Å²) in [6.45, 7) is 6.92. The summed E-state index contributed by atoms with van der Waals surface area (Å²) in [6, 6.07) is 5.98. The van der Waals surface area contributed by atoms with E-state index in [0.717, 1.165) is 25.3 Å². The van der Waals surface area contributed by atoms with Gasteiger partial charge in [-0.3, -0.25) is 4.90 Å². The maximum Gasteiger partial charge on any atom is 0.137 e. The number of methoxy groups -OCH3 is 1. The Morgan fingerprint density at radius 3 is 2.85 bits per heavy atom. The number of rotatable bonds is 4.